The molecule has 9 heteroatoms. The average Bonchev–Trinajstić information content (AvgIpc) is 3.00. The van der Waals surface area contributed by atoms with Crippen LogP contribution in [0.5, 0.6) is 0 Å². The molecular weight excluding hydrogens is 409 g/mol. The molecule has 1 saturated heterocycles. The molecule has 1 aromatic carbocycles. The fourth-order valence-electron chi connectivity index (χ4n) is 3.99. The zero-order chi connectivity index (χ0) is 22.3. The molecule has 2 aromatic heterocycles. The van der Waals surface area contributed by atoms with Gasteiger partial charge >= 0.3 is 6.18 Å². The molecule has 1 amide bonds. The number of nitrogens with zero attached hydrogens (tertiary/aromatic N) is 3. The van der Waals surface area contributed by atoms with Gasteiger partial charge in [0.2, 0.25) is 11.6 Å². The zero-order valence-electron chi connectivity index (χ0n) is 17.5. The fraction of sp³-hybridized carbons (Fsp3) is 0.409. The van der Waals surface area contributed by atoms with E-state index in [2.05, 4.69) is 20.2 Å². The third kappa shape index (κ3) is 4.08. The van der Waals surface area contributed by atoms with Crippen LogP contribution in [0.2, 0.25) is 0 Å². The molecule has 0 bridgehead atoms. The monoisotopic (exact) mass is 432 g/mol. The number of anilines is 2. The molecule has 4 rings (SSSR count). The second-order valence-corrected chi connectivity index (χ2v) is 7.85. The van der Waals surface area contributed by atoms with Crippen molar-refractivity contribution < 1.29 is 22.4 Å². The van der Waals surface area contributed by atoms with Crippen molar-refractivity contribution in [2.24, 2.45) is 5.92 Å². The first-order valence-corrected chi connectivity index (χ1v) is 10.1. The molecule has 6 nitrogen and oxygen atoms in total. The maximum absolute atomic E-state index is 13.2. The maximum Gasteiger partial charge on any atom is 0.418 e. The molecule has 3 aromatic rings. The van der Waals surface area contributed by atoms with Crippen LogP contribution in [0.25, 0.3) is 11.1 Å². The zero-order valence-corrected chi connectivity index (χ0v) is 17.5. The molecule has 1 aliphatic rings. The minimum atomic E-state index is -4.52. The number of nitrogens with one attached hydrogen (secondary N) is 1. The van der Waals surface area contributed by atoms with Crippen molar-refractivity contribution in [1.82, 2.24) is 9.97 Å². The number of hydrogen-bond donors (Lipinski definition) is 1. The van der Waals surface area contributed by atoms with Crippen LogP contribution in [0.15, 0.2) is 28.7 Å². The van der Waals surface area contributed by atoms with Gasteiger partial charge in [0.25, 0.3) is 0 Å². The number of amides is 1. The summed E-state index contributed by atoms with van der Waals surface area (Å²) in [6, 6.07) is 5.03. The highest BCUT2D eigenvalue weighted by Gasteiger charge is 2.34. The lowest BCUT2D eigenvalue weighted by Crippen LogP contribution is -2.39. The Morgan fingerprint density at radius 2 is 1.81 bits per heavy atom. The molecule has 0 aliphatic carbocycles. The molecule has 1 N–H and O–H groups in total. The number of piperidine rings is 1. The molecule has 1 aliphatic heterocycles. The number of rotatable bonds is 3. The van der Waals surface area contributed by atoms with E-state index in [4.69, 9.17) is 4.42 Å². The summed E-state index contributed by atoms with van der Waals surface area (Å²) in [5.41, 5.74) is 0.472. The van der Waals surface area contributed by atoms with E-state index in [1.807, 2.05) is 13.8 Å². The van der Waals surface area contributed by atoms with Gasteiger partial charge in [-0.05, 0) is 45.7 Å². The van der Waals surface area contributed by atoms with E-state index in [9.17, 15) is 18.0 Å². The summed E-state index contributed by atoms with van der Waals surface area (Å²) < 4.78 is 45.3. The summed E-state index contributed by atoms with van der Waals surface area (Å²) >= 11 is 0. The van der Waals surface area contributed by atoms with Crippen LogP contribution in [-0.2, 0) is 11.0 Å². The van der Waals surface area contributed by atoms with Crippen LogP contribution < -0.4 is 10.2 Å². The molecular formula is C22H23F3N4O2. The third-order valence-corrected chi connectivity index (χ3v) is 5.78. The summed E-state index contributed by atoms with van der Waals surface area (Å²) in [7, 11) is 0. The number of aryl methyl sites for hydroxylation is 3. The van der Waals surface area contributed by atoms with Crippen LogP contribution in [0.4, 0.5) is 24.7 Å². The fourth-order valence-corrected chi connectivity index (χ4v) is 3.99. The van der Waals surface area contributed by atoms with Gasteiger partial charge in [0.05, 0.1) is 16.6 Å². The SMILES string of the molecule is Cc1nc(N2CCC(C(=O)Nc3ccccc3C(F)(F)F)CC2)c2c(C)c(C)oc2n1. The number of carbonyl (C=O) groups is 1. The molecule has 0 spiro atoms. The van der Waals surface area contributed by atoms with Crippen LogP contribution in [-0.4, -0.2) is 29.0 Å². The lowest BCUT2D eigenvalue weighted by Gasteiger charge is -2.32. The Bertz CT molecular complexity index is 1130. The lowest BCUT2D eigenvalue weighted by atomic mass is 9.95. The van der Waals surface area contributed by atoms with Crippen LogP contribution >= 0.6 is 0 Å². The number of furan rings is 1. The highest BCUT2D eigenvalue weighted by Crippen LogP contribution is 2.36. The second kappa shape index (κ2) is 7.86. The molecule has 0 saturated carbocycles. The predicted molar refractivity (Wildman–Crippen MR) is 111 cm³/mol. The first-order chi connectivity index (χ1) is 14.6. The van der Waals surface area contributed by atoms with Gasteiger partial charge < -0.3 is 14.6 Å². The predicted octanol–water partition coefficient (Wildman–Crippen LogP) is 5.02. The molecule has 164 valence electrons. The number of hydrogen-bond acceptors (Lipinski definition) is 5. The second-order valence-electron chi connectivity index (χ2n) is 7.85. The summed E-state index contributed by atoms with van der Waals surface area (Å²) in [4.78, 5) is 23.7. The van der Waals surface area contributed by atoms with Crippen molar-refractivity contribution in [3.63, 3.8) is 0 Å². The first-order valence-electron chi connectivity index (χ1n) is 10.1. The van der Waals surface area contributed by atoms with Crippen LogP contribution in [0, 0.1) is 26.7 Å². The van der Waals surface area contributed by atoms with E-state index in [-0.39, 0.29) is 11.6 Å². The van der Waals surface area contributed by atoms with Crippen molar-refractivity contribution in [3.05, 3.63) is 47.0 Å². The largest absolute Gasteiger partial charge is 0.443 e. The van der Waals surface area contributed by atoms with Gasteiger partial charge in [0.1, 0.15) is 17.4 Å². The number of carbonyl (C=O) groups excluding carboxylic acids is 1. The number of alkyl halides is 3. The Balaban J connectivity index is 1.49. The van der Waals surface area contributed by atoms with E-state index in [0.29, 0.717) is 37.5 Å². The smallest absolute Gasteiger partial charge is 0.418 e. The number of fused-ring (bicyclic) bond motifs is 1. The van der Waals surface area contributed by atoms with Crippen LogP contribution in [0.1, 0.15) is 35.6 Å². The summed E-state index contributed by atoms with van der Waals surface area (Å²) in [5.74, 6) is 1.39. The number of halogens is 3. The maximum atomic E-state index is 13.2. The Morgan fingerprint density at radius 1 is 1.13 bits per heavy atom. The van der Waals surface area contributed by atoms with Crippen molar-refractivity contribution in [3.8, 4) is 0 Å². The molecule has 0 radical (unpaired) electrons. The van der Waals surface area contributed by atoms with Gasteiger partial charge in [-0.2, -0.15) is 18.2 Å². The standard InChI is InChI=1S/C22H23F3N4O2/c1-12-13(2)31-21-18(12)19(26-14(3)27-21)29-10-8-15(9-11-29)20(30)28-17-7-5-4-6-16(17)22(23,24)25/h4-7,15H,8-11H2,1-3H3,(H,28,30). The van der Waals surface area contributed by atoms with Crippen LogP contribution in [0.3, 0.4) is 0 Å². The van der Waals surface area contributed by atoms with E-state index in [0.717, 1.165) is 28.6 Å². The first kappa shape index (κ1) is 21.1. The lowest BCUT2D eigenvalue weighted by molar-refractivity contribution is -0.137. The molecule has 31 heavy (non-hydrogen) atoms. The van der Waals surface area contributed by atoms with E-state index in [1.165, 1.54) is 18.2 Å². The molecule has 0 atom stereocenters. The van der Waals surface area contributed by atoms with Gasteiger partial charge in [-0.15, -0.1) is 0 Å². The Labute approximate surface area is 177 Å². The minimum Gasteiger partial charge on any atom is -0.443 e. The van der Waals surface area contributed by atoms with E-state index in [1.54, 1.807) is 6.92 Å². The Kier molecular flexibility index (Phi) is 5.36. The van der Waals surface area contributed by atoms with Crippen molar-refractivity contribution in [2.45, 2.75) is 39.8 Å². The topological polar surface area (TPSA) is 71.3 Å². The Hall–Kier alpha value is -3.10. The number of para-hydroxylation sites is 1. The quantitative estimate of drug-likeness (QED) is 0.629. The van der Waals surface area contributed by atoms with Gasteiger partial charge in [0, 0.05) is 24.6 Å². The van der Waals surface area contributed by atoms with Crippen molar-refractivity contribution >= 4 is 28.5 Å². The summed E-state index contributed by atoms with van der Waals surface area (Å²) in [6.07, 6.45) is -3.50. The van der Waals surface area contributed by atoms with Gasteiger partial charge in [0.15, 0.2) is 0 Å². The summed E-state index contributed by atoms with van der Waals surface area (Å²) in [5, 5.41) is 3.34. The van der Waals surface area contributed by atoms with E-state index >= 15 is 0 Å². The molecule has 0 unspecified atom stereocenters. The van der Waals surface area contributed by atoms with Gasteiger partial charge in [-0.1, -0.05) is 12.1 Å². The van der Waals surface area contributed by atoms with E-state index < -0.39 is 17.6 Å². The van der Waals surface area contributed by atoms with Gasteiger partial charge in [-0.3, -0.25) is 4.79 Å². The minimum absolute atomic E-state index is 0.208. The average molecular weight is 432 g/mol. The van der Waals surface area contributed by atoms with Gasteiger partial charge in [-0.25, -0.2) is 4.98 Å². The third-order valence-electron chi connectivity index (χ3n) is 5.78. The highest BCUT2D eigenvalue weighted by atomic mass is 19.4. The molecule has 3 heterocycles. The molecule has 1 fully saturated rings. The normalized spacial score (nSPS) is 15.5. The van der Waals surface area contributed by atoms with Crippen molar-refractivity contribution in [2.75, 3.05) is 23.3 Å². The number of aromatic nitrogens is 2. The highest BCUT2D eigenvalue weighted by molar-refractivity contribution is 5.94. The summed E-state index contributed by atoms with van der Waals surface area (Å²) in [6.45, 7) is 6.77. The van der Waals surface area contributed by atoms with Crippen molar-refractivity contribution in [1.29, 1.82) is 0 Å². The number of benzene rings is 1. The Morgan fingerprint density at radius 3 is 2.48 bits per heavy atom.